The summed E-state index contributed by atoms with van der Waals surface area (Å²) in [5.74, 6) is 1.92. The van der Waals surface area contributed by atoms with Crippen LogP contribution >= 0.6 is 0 Å². The highest BCUT2D eigenvalue weighted by atomic mass is 16.6. The first-order valence-corrected chi connectivity index (χ1v) is 9.56. The van der Waals surface area contributed by atoms with Crippen LogP contribution in [-0.4, -0.2) is 50.4 Å². The predicted molar refractivity (Wildman–Crippen MR) is 97.8 cm³/mol. The molecule has 0 aromatic heterocycles. The molecular formula is C20H28N2O4. The minimum atomic E-state index is -0.393. The molecule has 1 aromatic rings. The molecule has 26 heavy (non-hydrogen) atoms. The summed E-state index contributed by atoms with van der Waals surface area (Å²) in [5.41, 5.74) is 2.20. The van der Waals surface area contributed by atoms with Gasteiger partial charge in [0.25, 0.3) is 0 Å². The van der Waals surface area contributed by atoms with Gasteiger partial charge >= 0.3 is 6.09 Å². The van der Waals surface area contributed by atoms with E-state index in [1.165, 1.54) is 11.1 Å². The number of methoxy groups -OCH3 is 2. The van der Waals surface area contributed by atoms with Crippen molar-refractivity contribution < 1.29 is 19.0 Å². The van der Waals surface area contributed by atoms with Crippen molar-refractivity contribution in [1.82, 2.24) is 10.2 Å². The zero-order valence-corrected chi connectivity index (χ0v) is 15.8. The summed E-state index contributed by atoms with van der Waals surface area (Å²) in [6.07, 6.45) is 3.75. The summed E-state index contributed by atoms with van der Waals surface area (Å²) in [6.45, 7) is 4.82. The second-order valence-electron chi connectivity index (χ2n) is 7.66. The molecular weight excluding hydrogens is 332 g/mol. The van der Waals surface area contributed by atoms with Gasteiger partial charge < -0.3 is 19.5 Å². The summed E-state index contributed by atoms with van der Waals surface area (Å²) in [5, 5.41) is 2.90. The molecule has 0 bridgehead atoms. The fraction of sp³-hybridized carbons (Fsp3) is 0.650. The molecule has 142 valence electrons. The fourth-order valence-electron chi connectivity index (χ4n) is 5.00. The largest absolute Gasteiger partial charge is 0.493 e. The van der Waals surface area contributed by atoms with E-state index < -0.39 is 5.60 Å². The van der Waals surface area contributed by atoms with Crippen molar-refractivity contribution in [3.63, 3.8) is 0 Å². The fourth-order valence-corrected chi connectivity index (χ4v) is 5.00. The maximum absolute atomic E-state index is 11.9. The molecule has 2 fully saturated rings. The van der Waals surface area contributed by atoms with E-state index in [4.69, 9.17) is 14.2 Å². The van der Waals surface area contributed by atoms with Gasteiger partial charge in [-0.2, -0.15) is 0 Å². The summed E-state index contributed by atoms with van der Waals surface area (Å²) in [6, 6.07) is 4.47. The van der Waals surface area contributed by atoms with Gasteiger partial charge in [-0.05, 0) is 36.1 Å². The van der Waals surface area contributed by atoms with Crippen LogP contribution in [0.3, 0.4) is 0 Å². The van der Waals surface area contributed by atoms with E-state index in [1.54, 1.807) is 14.2 Å². The van der Waals surface area contributed by atoms with Crippen LogP contribution in [0.25, 0.3) is 0 Å². The molecule has 3 aliphatic rings. The molecule has 3 atom stereocenters. The highest BCUT2D eigenvalue weighted by Gasteiger charge is 2.53. The first-order chi connectivity index (χ1) is 12.6. The quantitative estimate of drug-likeness (QED) is 0.895. The molecule has 1 N–H and O–H groups in total. The Morgan fingerprint density at radius 2 is 2.08 bits per heavy atom. The zero-order chi connectivity index (χ0) is 18.3. The lowest BCUT2D eigenvalue weighted by molar-refractivity contribution is -0.0782. The molecule has 0 unspecified atom stereocenters. The van der Waals surface area contributed by atoms with Gasteiger partial charge in [-0.25, -0.2) is 4.79 Å². The number of benzene rings is 1. The molecule has 1 amide bonds. The van der Waals surface area contributed by atoms with E-state index in [9.17, 15) is 4.79 Å². The number of amides is 1. The van der Waals surface area contributed by atoms with Gasteiger partial charge in [-0.3, -0.25) is 4.90 Å². The Bertz CT molecular complexity index is 707. The molecule has 0 radical (unpaired) electrons. The first kappa shape index (κ1) is 17.5. The Balaban J connectivity index is 1.71. The smallest absolute Gasteiger partial charge is 0.407 e. The number of hydrogen-bond acceptors (Lipinski definition) is 5. The minimum absolute atomic E-state index is 0.249. The molecule has 1 spiro atoms. The Morgan fingerprint density at radius 1 is 1.31 bits per heavy atom. The average molecular weight is 360 g/mol. The predicted octanol–water partition coefficient (Wildman–Crippen LogP) is 2.90. The number of nitrogens with zero attached hydrogens (tertiary/aromatic N) is 1. The number of hydrogen-bond donors (Lipinski definition) is 1. The number of rotatable bonds is 4. The van der Waals surface area contributed by atoms with Crippen LogP contribution in [0.1, 0.15) is 43.4 Å². The van der Waals surface area contributed by atoms with E-state index >= 15 is 0 Å². The topological polar surface area (TPSA) is 60.0 Å². The molecule has 4 rings (SSSR count). The van der Waals surface area contributed by atoms with E-state index in [2.05, 4.69) is 29.3 Å². The number of piperidine rings is 1. The molecule has 6 nitrogen and oxygen atoms in total. The number of nitrogens with one attached hydrogen (secondary N) is 1. The third-order valence-corrected chi connectivity index (χ3v) is 6.32. The van der Waals surface area contributed by atoms with Crippen LogP contribution in [0, 0.1) is 5.92 Å². The summed E-state index contributed by atoms with van der Waals surface area (Å²) >= 11 is 0. The van der Waals surface area contributed by atoms with E-state index in [-0.39, 0.29) is 12.1 Å². The molecule has 2 saturated heterocycles. The van der Waals surface area contributed by atoms with Crippen molar-refractivity contribution in [2.75, 3.05) is 33.9 Å². The summed E-state index contributed by atoms with van der Waals surface area (Å²) < 4.78 is 16.9. The maximum Gasteiger partial charge on any atom is 0.407 e. The van der Waals surface area contributed by atoms with Crippen LogP contribution in [0.2, 0.25) is 0 Å². The van der Waals surface area contributed by atoms with Gasteiger partial charge in [0.15, 0.2) is 11.5 Å². The number of alkyl carbamates (subject to hydrolysis) is 1. The van der Waals surface area contributed by atoms with Gasteiger partial charge in [-0.1, -0.05) is 13.3 Å². The van der Waals surface area contributed by atoms with Crippen LogP contribution in [0.4, 0.5) is 4.79 Å². The van der Waals surface area contributed by atoms with Gasteiger partial charge in [0, 0.05) is 31.5 Å². The van der Waals surface area contributed by atoms with Crippen molar-refractivity contribution in [1.29, 1.82) is 0 Å². The number of carbonyl (C=O) groups excluding carboxylic acids is 1. The van der Waals surface area contributed by atoms with Crippen molar-refractivity contribution in [2.45, 2.75) is 44.2 Å². The third-order valence-electron chi connectivity index (χ3n) is 6.32. The Hall–Kier alpha value is -1.95. The second-order valence-corrected chi connectivity index (χ2v) is 7.66. The Kier molecular flexibility index (Phi) is 4.47. The molecule has 3 heterocycles. The van der Waals surface area contributed by atoms with Gasteiger partial charge in [0.1, 0.15) is 5.60 Å². The van der Waals surface area contributed by atoms with Crippen molar-refractivity contribution in [3.8, 4) is 11.5 Å². The monoisotopic (exact) mass is 360 g/mol. The molecule has 0 aliphatic carbocycles. The molecule has 3 aliphatic heterocycles. The van der Waals surface area contributed by atoms with Crippen LogP contribution in [0.15, 0.2) is 12.1 Å². The summed E-state index contributed by atoms with van der Waals surface area (Å²) in [4.78, 5) is 14.4. The van der Waals surface area contributed by atoms with E-state index in [1.807, 2.05) is 0 Å². The molecule has 6 heteroatoms. The second kappa shape index (κ2) is 6.65. The Labute approximate surface area is 154 Å². The SMILES string of the molecule is CCC[C@H]1CN2CCc3cc(OC)c(OC)cc3[C@@H]2C[C@]12CNC(=O)O2. The van der Waals surface area contributed by atoms with Crippen molar-refractivity contribution in [2.24, 2.45) is 5.92 Å². The normalized spacial score (nSPS) is 30.3. The lowest BCUT2D eigenvalue weighted by atomic mass is 9.72. The Morgan fingerprint density at radius 3 is 2.73 bits per heavy atom. The van der Waals surface area contributed by atoms with Gasteiger partial charge in [0.2, 0.25) is 0 Å². The van der Waals surface area contributed by atoms with Crippen molar-refractivity contribution in [3.05, 3.63) is 23.3 Å². The highest BCUT2D eigenvalue weighted by Crippen LogP contribution is 2.48. The number of ether oxygens (including phenoxy) is 3. The number of fused-ring (bicyclic) bond motifs is 3. The average Bonchev–Trinajstić information content (AvgIpc) is 3.02. The van der Waals surface area contributed by atoms with Crippen LogP contribution in [-0.2, 0) is 11.2 Å². The van der Waals surface area contributed by atoms with E-state index in [0.29, 0.717) is 12.5 Å². The molecule has 0 saturated carbocycles. The minimum Gasteiger partial charge on any atom is -0.493 e. The maximum atomic E-state index is 11.9. The first-order valence-electron chi connectivity index (χ1n) is 9.56. The van der Waals surface area contributed by atoms with Crippen molar-refractivity contribution >= 4 is 6.09 Å². The standard InChI is InChI=1S/C20H28N2O4/c1-4-5-14-11-22-7-6-13-8-17(24-2)18(25-3)9-15(13)16(22)10-20(14)12-21-19(23)26-20/h8-9,14,16H,4-7,10-12H2,1-3H3,(H,21,23)/t14-,16-,20-/m0/s1. The van der Waals surface area contributed by atoms with Crippen LogP contribution in [0.5, 0.6) is 11.5 Å². The van der Waals surface area contributed by atoms with Gasteiger partial charge in [-0.15, -0.1) is 0 Å². The van der Waals surface area contributed by atoms with E-state index in [0.717, 1.165) is 50.3 Å². The summed E-state index contributed by atoms with van der Waals surface area (Å²) in [7, 11) is 3.35. The third kappa shape index (κ3) is 2.71. The lowest BCUT2D eigenvalue weighted by Gasteiger charge is -2.50. The zero-order valence-electron chi connectivity index (χ0n) is 15.8. The highest BCUT2D eigenvalue weighted by molar-refractivity contribution is 5.70. The molecule has 1 aromatic carbocycles. The van der Waals surface area contributed by atoms with Crippen LogP contribution < -0.4 is 14.8 Å². The number of carbonyl (C=O) groups is 1. The van der Waals surface area contributed by atoms with Gasteiger partial charge in [0.05, 0.1) is 20.8 Å². The lowest BCUT2D eigenvalue weighted by Crippen LogP contribution is -2.56.